The van der Waals surface area contributed by atoms with Gasteiger partial charge in [-0.2, -0.15) is 36.7 Å². The summed E-state index contributed by atoms with van der Waals surface area (Å²) in [6.45, 7) is 1.38. The number of amides is 1. The Bertz CT molecular complexity index is 979. The first-order valence-electron chi connectivity index (χ1n) is 8.80. The van der Waals surface area contributed by atoms with Crippen molar-refractivity contribution in [2.75, 3.05) is 19.4 Å². The van der Waals surface area contributed by atoms with Gasteiger partial charge in [-0.3, -0.25) is 4.79 Å². The van der Waals surface area contributed by atoms with E-state index in [-0.39, 0.29) is 33.6 Å². The van der Waals surface area contributed by atoms with Crippen molar-refractivity contribution in [1.82, 2.24) is 24.6 Å². The number of rotatable bonds is 6. The fourth-order valence-corrected chi connectivity index (χ4v) is 2.53. The summed E-state index contributed by atoms with van der Waals surface area (Å²) in [5, 5.41) is 6.21. The van der Waals surface area contributed by atoms with Crippen LogP contribution in [0.15, 0.2) is 17.4 Å². The molecule has 2 heterocycles. The lowest BCUT2D eigenvalue weighted by molar-refractivity contribution is -0.159. The zero-order chi connectivity index (χ0) is 22.3. The summed E-state index contributed by atoms with van der Waals surface area (Å²) in [7, 11) is 3.02. The lowest BCUT2D eigenvalue weighted by Gasteiger charge is -2.13. The number of nitrogens with zero attached hydrogens (tertiary/aromatic N) is 6. The van der Waals surface area contributed by atoms with E-state index in [4.69, 9.17) is 0 Å². The second-order valence-electron chi connectivity index (χ2n) is 7.02. The van der Waals surface area contributed by atoms with Crippen LogP contribution in [0.25, 0.3) is 0 Å². The van der Waals surface area contributed by atoms with E-state index in [1.807, 2.05) is 0 Å². The van der Waals surface area contributed by atoms with E-state index in [0.29, 0.717) is 19.0 Å². The molecule has 1 fully saturated rings. The van der Waals surface area contributed by atoms with Crippen molar-refractivity contribution < 1.29 is 26.7 Å². The van der Waals surface area contributed by atoms with Gasteiger partial charge in [0.1, 0.15) is 0 Å². The van der Waals surface area contributed by atoms with Crippen LogP contribution >= 0.6 is 0 Å². The Morgan fingerprint density at radius 2 is 1.97 bits per heavy atom. The van der Waals surface area contributed by atoms with Crippen LogP contribution in [0, 0.1) is 6.92 Å². The van der Waals surface area contributed by atoms with Gasteiger partial charge in [0.25, 0.3) is 0 Å². The number of aliphatic imine (C=N–C) groups is 1. The molecule has 1 amide bonds. The maximum Gasteiger partial charge on any atom is 0.425 e. The molecule has 0 spiro atoms. The zero-order valence-electron chi connectivity index (χ0n) is 16.2. The average molecular weight is 431 g/mol. The summed E-state index contributed by atoms with van der Waals surface area (Å²) in [6, 6.07) is -4.06. The molecule has 0 unspecified atom stereocenters. The van der Waals surface area contributed by atoms with Crippen molar-refractivity contribution in [3.8, 4) is 0 Å². The molecule has 13 heteroatoms. The average Bonchev–Trinajstić information content (AvgIpc) is 3.42. The van der Waals surface area contributed by atoms with Crippen LogP contribution in [0.1, 0.15) is 35.7 Å². The highest BCUT2D eigenvalue weighted by Gasteiger charge is 2.43. The lowest BCUT2D eigenvalue weighted by Crippen LogP contribution is -2.33. The number of hydrogen-bond acceptors (Lipinski definition) is 5. The van der Waals surface area contributed by atoms with Crippen LogP contribution in [-0.2, 0) is 17.0 Å². The molecule has 0 aromatic carbocycles. The highest BCUT2D eigenvalue weighted by atomic mass is 19.4. The monoisotopic (exact) mass is 431 g/mol. The fourth-order valence-electron chi connectivity index (χ4n) is 2.53. The van der Waals surface area contributed by atoms with Crippen molar-refractivity contribution >= 4 is 23.9 Å². The molecule has 1 saturated carbocycles. The van der Waals surface area contributed by atoms with Crippen molar-refractivity contribution in [1.29, 1.82) is 0 Å². The molecule has 1 aliphatic rings. The van der Waals surface area contributed by atoms with E-state index in [1.165, 1.54) is 25.9 Å². The number of aromatic nitrogens is 4. The van der Waals surface area contributed by atoms with Crippen LogP contribution in [0.4, 0.5) is 33.6 Å². The van der Waals surface area contributed by atoms with Gasteiger partial charge in [-0.1, -0.05) is 0 Å². The van der Waals surface area contributed by atoms with Gasteiger partial charge in [-0.05, 0) is 19.8 Å². The smallest absolute Gasteiger partial charge is 0.369 e. The molecule has 1 N–H and O–H groups in total. The highest BCUT2D eigenvalue weighted by molar-refractivity contribution is 5.88. The molecule has 0 radical (unpaired) electrons. The standard InChI is InChI=1S/C17H18F5N7O/c1-9-12(7-29(27-9)17(21,22)14(30)24-8-28(2)3)25-15-23-6-11(16(18,19)20)13(26-15)10-4-5-10/h6-8,10H,4-5H2,1-3H3,(H,23,25,26)/b24-8+. The quantitative estimate of drug-likeness (QED) is 0.429. The number of carbonyl (C=O) groups is 1. The van der Waals surface area contributed by atoms with Gasteiger partial charge in [0.15, 0.2) is 0 Å². The van der Waals surface area contributed by atoms with Gasteiger partial charge in [-0.25, -0.2) is 9.97 Å². The molecule has 2 aromatic heterocycles. The number of hydrogen-bond donors (Lipinski definition) is 1. The first kappa shape index (κ1) is 21.6. The largest absolute Gasteiger partial charge is 0.425 e. The van der Waals surface area contributed by atoms with Gasteiger partial charge < -0.3 is 10.2 Å². The topological polar surface area (TPSA) is 88.3 Å². The summed E-state index contributed by atoms with van der Waals surface area (Å²) in [6.07, 6.45) is -0.988. The molecule has 0 bridgehead atoms. The predicted molar refractivity (Wildman–Crippen MR) is 96.6 cm³/mol. The molecule has 162 valence electrons. The van der Waals surface area contributed by atoms with Gasteiger partial charge in [0.2, 0.25) is 5.95 Å². The third-order valence-electron chi connectivity index (χ3n) is 4.18. The van der Waals surface area contributed by atoms with Crippen LogP contribution < -0.4 is 5.32 Å². The van der Waals surface area contributed by atoms with E-state index in [0.717, 1.165) is 12.5 Å². The number of anilines is 2. The molecule has 30 heavy (non-hydrogen) atoms. The zero-order valence-corrected chi connectivity index (χ0v) is 16.2. The normalized spacial score (nSPS) is 14.9. The molecule has 0 atom stereocenters. The maximum absolute atomic E-state index is 14.3. The molecular formula is C17H18F5N7O. The summed E-state index contributed by atoms with van der Waals surface area (Å²) >= 11 is 0. The summed E-state index contributed by atoms with van der Waals surface area (Å²) in [5.74, 6) is -2.23. The SMILES string of the molecule is Cc1nn(C(F)(F)C(=O)/N=C/N(C)C)cc1Nc1ncc(C(F)(F)F)c(C2CC2)n1. The molecular weight excluding hydrogens is 413 g/mol. The van der Waals surface area contributed by atoms with Crippen LogP contribution in [-0.4, -0.2) is 51.0 Å². The number of aryl methyl sites for hydroxylation is 1. The van der Waals surface area contributed by atoms with Gasteiger partial charge in [-0.15, -0.1) is 0 Å². The van der Waals surface area contributed by atoms with Crippen LogP contribution in [0.3, 0.4) is 0 Å². The first-order chi connectivity index (χ1) is 13.9. The van der Waals surface area contributed by atoms with Crippen molar-refractivity contribution in [2.24, 2.45) is 4.99 Å². The Kier molecular flexibility index (Phi) is 5.48. The minimum atomic E-state index is -4.59. The summed E-state index contributed by atoms with van der Waals surface area (Å²) < 4.78 is 68.2. The van der Waals surface area contributed by atoms with Gasteiger partial charge >= 0.3 is 18.1 Å². The second kappa shape index (κ2) is 7.61. The van der Waals surface area contributed by atoms with E-state index in [2.05, 4.69) is 25.4 Å². The van der Waals surface area contributed by atoms with Crippen molar-refractivity contribution in [3.63, 3.8) is 0 Å². The number of nitrogens with one attached hydrogen (secondary N) is 1. The Morgan fingerprint density at radius 3 is 2.53 bits per heavy atom. The number of alkyl halides is 5. The number of halogens is 5. The summed E-state index contributed by atoms with van der Waals surface area (Å²) in [4.78, 5) is 23.8. The number of carbonyl (C=O) groups excluding carboxylic acids is 1. The minimum absolute atomic E-state index is 0.0144. The molecule has 0 aliphatic heterocycles. The molecule has 3 rings (SSSR count). The van der Waals surface area contributed by atoms with Crippen LogP contribution in [0.2, 0.25) is 0 Å². The minimum Gasteiger partial charge on any atom is -0.369 e. The Morgan fingerprint density at radius 1 is 1.30 bits per heavy atom. The van der Waals surface area contributed by atoms with E-state index >= 15 is 0 Å². The Hall–Kier alpha value is -3.12. The fraction of sp³-hybridized carbons (Fsp3) is 0.471. The maximum atomic E-state index is 14.3. The predicted octanol–water partition coefficient (Wildman–Crippen LogP) is 3.29. The third-order valence-corrected chi connectivity index (χ3v) is 4.18. The molecule has 8 nitrogen and oxygen atoms in total. The lowest BCUT2D eigenvalue weighted by atomic mass is 10.1. The Labute approximate surface area is 167 Å². The first-order valence-corrected chi connectivity index (χ1v) is 8.80. The highest BCUT2D eigenvalue weighted by Crippen LogP contribution is 2.45. The van der Waals surface area contributed by atoms with Crippen LogP contribution in [0.5, 0.6) is 0 Å². The Balaban J connectivity index is 1.86. The van der Waals surface area contributed by atoms with Gasteiger partial charge in [0, 0.05) is 26.2 Å². The summed E-state index contributed by atoms with van der Waals surface area (Å²) in [5.41, 5.74) is -0.974. The van der Waals surface area contributed by atoms with E-state index < -0.39 is 23.7 Å². The second-order valence-corrected chi connectivity index (χ2v) is 7.02. The van der Waals surface area contributed by atoms with Crippen molar-refractivity contribution in [3.05, 3.63) is 29.3 Å². The molecule has 0 saturated heterocycles. The third kappa shape index (κ3) is 4.54. The van der Waals surface area contributed by atoms with Gasteiger partial charge in [0.05, 0.1) is 35.2 Å². The molecule has 2 aromatic rings. The van der Waals surface area contributed by atoms with E-state index in [1.54, 1.807) is 0 Å². The molecule has 1 aliphatic carbocycles. The van der Waals surface area contributed by atoms with Crippen molar-refractivity contribution in [2.45, 2.75) is 37.9 Å². The van der Waals surface area contributed by atoms with E-state index in [9.17, 15) is 26.7 Å².